The maximum absolute atomic E-state index is 11.4. The van der Waals surface area contributed by atoms with Gasteiger partial charge in [-0.3, -0.25) is 9.79 Å². The van der Waals surface area contributed by atoms with Crippen LogP contribution in [0.25, 0.3) is 0 Å². The second-order valence-corrected chi connectivity index (χ2v) is 4.69. The molecule has 3 N–H and O–H groups in total. The second kappa shape index (κ2) is 8.78. The molecule has 1 saturated carbocycles. The predicted molar refractivity (Wildman–Crippen MR) is 74.6 cm³/mol. The van der Waals surface area contributed by atoms with Crippen molar-refractivity contribution in [3.63, 3.8) is 0 Å². The summed E-state index contributed by atoms with van der Waals surface area (Å²) in [5.74, 6) is 1.71. The van der Waals surface area contributed by atoms with E-state index in [4.69, 9.17) is 0 Å². The first-order valence-electron chi connectivity index (χ1n) is 7.05. The number of guanidine groups is 1. The van der Waals surface area contributed by atoms with Crippen LogP contribution in [0.5, 0.6) is 0 Å². The van der Waals surface area contributed by atoms with Gasteiger partial charge in [-0.15, -0.1) is 0 Å². The fourth-order valence-corrected chi connectivity index (χ4v) is 1.51. The van der Waals surface area contributed by atoms with Gasteiger partial charge in [0.15, 0.2) is 5.96 Å². The van der Waals surface area contributed by atoms with Gasteiger partial charge in [-0.2, -0.15) is 0 Å². The molecular weight excluding hydrogens is 228 g/mol. The van der Waals surface area contributed by atoms with Gasteiger partial charge in [0, 0.05) is 32.6 Å². The highest BCUT2D eigenvalue weighted by Crippen LogP contribution is 2.28. The Balaban J connectivity index is 2.15. The van der Waals surface area contributed by atoms with Crippen LogP contribution in [0.4, 0.5) is 0 Å². The third-order valence-corrected chi connectivity index (χ3v) is 2.77. The highest BCUT2D eigenvalue weighted by atomic mass is 16.1. The molecule has 1 aliphatic carbocycles. The fourth-order valence-electron chi connectivity index (χ4n) is 1.51. The number of nitrogens with one attached hydrogen (secondary N) is 3. The molecular formula is C13H26N4O. The lowest BCUT2D eigenvalue weighted by Crippen LogP contribution is -2.39. The molecule has 0 radical (unpaired) electrons. The third-order valence-electron chi connectivity index (χ3n) is 2.77. The Hall–Kier alpha value is -1.26. The highest BCUT2D eigenvalue weighted by molar-refractivity contribution is 5.81. The molecule has 1 amide bonds. The predicted octanol–water partition coefficient (Wildman–Crippen LogP) is 0.868. The van der Waals surface area contributed by atoms with Crippen molar-refractivity contribution in [2.45, 2.75) is 39.5 Å². The van der Waals surface area contributed by atoms with Crippen molar-refractivity contribution in [3.05, 3.63) is 0 Å². The Morgan fingerprint density at radius 2 is 1.94 bits per heavy atom. The first kappa shape index (κ1) is 14.8. The number of aliphatic imine (C=N–C) groups is 1. The first-order chi connectivity index (χ1) is 8.76. The molecule has 0 saturated heterocycles. The normalized spacial score (nSPS) is 15.3. The molecule has 0 spiro atoms. The van der Waals surface area contributed by atoms with Crippen LogP contribution in [0.1, 0.15) is 39.5 Å². The van der Waals surface area contributed by atoms with Gasteiger partial charge in [0.25, 0.3) is 0 Å². The maximum Gasteiger partial charge on any atom is 0.221 e. The number of nitrogens with zero attached hydrogens (tertiary/aromatic N) is 1. The van der Waals surface area contributed by atoms with Crippen LogP contribution in [0.15, 0.2) is 4.99 Å². The molecule has 18 heavy (non-hydrogen) atoms. The van der Waals surface area contributed by atoms with Crippen molar-refractivity contribution in [2.24, 2.45) is 10.9 Å². The lowest BCUT2D eigenvalue weighted by molar-refractivity contribution is -0.120. The van der Waals surface area contributed by atoms with Crippen molar-refractivity contribution < 1.29 is 4.79 Å². The number of carbonyl (C=O) groups is 1. The van der Waals surface area contributed by atoms with Crippen LogP contribution in [-0.4, -0.2) is 38.0 Å². The number of amides is 1. The monoisotopic (exact) mass is 254 g/mol. The zero-order valence-corrected chi connectivity index (χ0v) is 11.6. The summed E-state index contributed by atoms with van der Waals surface area (Å²) in [5.41, 5.74) is 0. The van der Waals surface area contributed by atoms with Gasteiger partial charge in [-0.1, -0.05) is 6.92 Å². The summed E-state index contributed by atoms with van der Waals surface area (Å²) in [6.45, 7) is 7.23. The summed E-state index contributed by atoms with van der Waals surface area (Å²) in [5, 5.41) is 9.24. The largest absolute Gasteiger partial charge is 0.357 e. The van der Waals surface area contributed by atoms with E-state index in [2.05, 4.69) is 20.9 Å². The second-order valence-electron chi connectivity index (χ2n) is 4.69. The molecule has 1 rings (SSSR count). The minimum absolute atomic E-state index is 0.0994. The minimum atomic E-state index is 0.0994. The molecule has 0 aromatic rings. The molecule has 0 atom stereocenters. The van der Waals surface area contributed by atoms with E-state index in [1.165, 1.54) is 12.8 Å². The smallest absolute Gasteiger partial charge is 0.221 e. The molecule has 0 bridgehead atoms. The van der Waals surface area contributed by atoms with E-state index in [-0.39, 0.29) is 5.91 Å². The molecule has 1 aliphatic rings. The quantitative estimate of drug-likeness (QED) is 0.445. The van der Waals surface area contributed by atoms with Gasteiger partial charge in [-0.05, 0) is 32.1 Å². The summed E-state index contributed by atoms with van der Waals surface area (Å²) in [6.07, 6.45) is 4.09. The van der Waals surface area contributed by atoms with Crippen molar-refractivity contribution in [1.82, 2.24) is 16.0 Å². The van der Waals surface area contributed by atoms with Crippen LogP contribution >= 0.6 is 0 Å². The summed E-state index contributed by atoms with van der Waals surface area (Å²) >= 11 is 0. The van der Waals surface area contributed by atoms with E-state index in [1.807, 2.05) is 13.8 Å². The molecule has 0 aromatic heterocycles. The number of carbonyl (C=O) groups excluding carboxylic acids is 1. The third kappa shape index (κ3) is 7.14. The summed E-state index contributed by atoms with van der Waals surface area (Å²) in [7, 11) is 0. The molecule has 0 unspecified atom stereocenters. The van der Waals surface area contributed by atoms with Gasteiger partial charge in [0.2, 0.25) is 5.91 Å². The van der Waals surface area contributed by atoms with Gasteiger partial charge >= 0.3 is 0 Å². The van der Waals surface area contributed by atoms with E-state index in [0.717, 1.165) is 37.9 Å². The zero-order chi connectivity index (χ0) is 13.2. The molecule has 5 heteroatoms. The SMILES string of the molecule is CCCNC(=O)CCNC(=NCC1CC1)NCC. The van der Waals surface area contributed by atoms with Crippen LogP contribution in [-0.2, 0) is 4.79 Å². The Labute approximate surface area is 110 Å². The topological polar surface area (TPSA) is 65.5 Å². The van der Waals surface area contributed by atoms with E-state index in [1.54, 1.807) is 0 Å². The zero-order valence-electron chi connectivity index (χ0n) is 11.6. The first-order valence-corrected chi connectivity index (χ1v) is 7.05. The molecule has 0 aliphatic heterocycles. The van der Waals surface area contributed by atoms with Crippen LogP contribution in [0, 0.1) is 5.92 Å². The molecule has 104 valence electrons. The maximum atomic E-state index is 11.4. The van der Waals surface area contributed by atoms with E-state index >= 15 is 0 Å². The Morgan fingerprint density at radius 1 is 1.17 bits per heavy atom. The molecule has 0 heterocycles. The Bertz CT molecular complexity index is 274. The summed E-state index contributed by atoms with van der Waals surface area (Å²) in [6, 6.07) is 0. The van der Waals surface area contributed by atoms with Gasteiger partial charge < -0.3 is 16.0 Å². The van der Waals surface area contributed by atoms with E-state index < -0.39 is 0 Å². The average molecular weight is 254 g/mol. The van der Waals surface area contributed by atoms with Crippen LogP contribution in [0.2, 0.25) is 0 Å². The Kier molecular flexibility index (Phi) is 7.22. The summed E-state index contributed by atoms with van der Waals surface area (Å²) < 4.78 is 0. The molecule has 5 nitrogen and oxygen atoms in total. The van der Waals surface area contributed by atoms with E-state index in [0.29, 0.717) is 13.0 Å². The van der Waals surface area contributed by atoms with E-state index in [9.17, 15) is 4.79 Å². The fraction of sp³-hybridized carbons (Fsp3) is 0.846. The van der Waals surface area contributed by atoms with Gasteiger partial charge in [0.1, 0.15) is 0 Å². The number of rotatable bonds is 8. The highest BCUT2D eigenvalue weighted by Gasteiger charge is 2.20. The van der Waals surface area contributed by atoms with Gasteiger partial charge in [0.05, 0.1) is 0 Å². The molecule has 1 fully saturated rings. The lowest BCUT2D eigenvalue weighted by Gasteiger charge is -2.11. The van der Waals surface area contributed by atoms with Crippen LogP contribution < -0.4 is 16.0 Å². The molecule has 0 aromatic carbocycles. The number of hydrogen-bond acceptors (Lipinski definition) is 2. The van der Waals surface area contributed by atoms with Crippen molar-refractivity contribution in [3.8, 4) is 0 Å². The van der Waals surface area contributed by atoms with Crippen molar-refractivity contribution in [2.75, 3.05) is 26.2 Å². The number of hydrogen-bond donors (Lipinski definition) is 3. The minimum Gasteiger partial charge on any atom is -0.357 e. The van der Waals surface area contributed by atoms with Crippen molar-refractivity contribution >= 4 is 11.9 Å². The van der Waals surface area contributed by atoms with Crippen LogP contribution in [0.3, 0.4) is 0 Å². The standard InChI is InChI=1S/C13H26N4O/c1-3-8-15-12(18)7-9-16-13(14-4-2)17-10-11-5-6-11/h11H,3-10H2,1-2H3,(H,15,18)(H2,14,16,17). The Morgan fingerprint density at radius 3 is 2.56 bits per heavy atom. The summed E-state index contributed by atoms with van der Waals surface area (Å²) in [4.78, 5) is 15.9. The lowest BCUT2D eigenvalue weighted by atomic mass is 10.4. The average Bonchev–Trinajstić information content (AvgIpc) is 3.17. The van der Waals surface area contributed by atoms with Gasteiger partial charge in [-0.25, -0.2) is 0 Å². The van der Waals surface area contributed by atoms with Crippen molar-refractivity contribution in [1.29, 1.82) is 0 Å².